The number of aromatic amines is 1. The van der Waals surface area contributed by atoms with Gasteiger partial charge >= 0.3 is 0 Å². The summed E-state index contributed by atoms with van der Waals surface area (Å²) in [6, 6.07) is 19.5. The maximum Gasteiger partial charge on any atom is 0.277 e. The topological polar surface area (TPSA) is 66.9 Å². The van der Waals surface area contributed by atoms with Crippen molar-refractivity contribution in [3.05, 3.63) is 116 Å². The minimum atomic E-state index is -0.627. The van der Waals surface area contributed by atoms with Crippen molar-refractivity contribution >= 4 is 22.9 Å². The zero-order valence-electron chi connectivity index (χ0n) is 17.5. The number of allylic oxidation sites excluding steroid dienone is 2. The Morgan fingerprint density at radius 2 is 1.82 bits per heavy atom. The predicted octanol–water partition coefficient (Wildman–Crippen LogP) is 5.32. The molecule has 0 amide bonds. The third kappa shape index (κ3) is 3.27. The molecular formula is C26H20FN3O2S. The van der Waals surface area contributed by atoms with Gasteiger partial charge in [-0.1, -0.05) is 36.4 Å². The van der Waals surface area contributed by atoms with E-state index in [1.54, 1.807) is 23.5 Å². The van der Waals surface area contributed by atoms with E-state index in [9.17, 15) is 14.0 Å². The molecule has 2 unspecified atom stereocenters. The molecule has 0 bridgehead atoms. The van der Waals surface area contributed by atoms with Crippen LogP contribution in [0.4, 0.5) is 10.2 Å². The number of Topliss-reactive ketones (excluding diaryl/α,β-unsaturated/α-hetero) is 1. The molecule has 1 aliphatic carbocycles. The molecule has 4 aromatic rings. The molecule has 2 atom stereocenters. The summed E-state index contributed by atoms with van der Waals surface area (Å²) in [5.74, 6) is -0.391. The van der Waals surface area contributed by atoms with Crippen molar-refractivity contribution < 1.29 is 9.18 Å². The fraction of sp³-hybridized carbons (Fsp3) is 0.154. The number of hydrogen-bond donors (Lipinski definition) is 2. The summed E-state index contributed by atoms with van der Waals surface area (Å²) in [5.41, 5.74) is 2.84. The zero-order valence-corrected chi connectivity index (χ0v) is 18.4. The first-order valence-corrected chi connectivity index (χ1v) is 11.7. The van der Waals surface area contributed by atoms with E-state index in [1.165, 1.54) is 21.7 Å². The minimum Gasteiger partial charge on any atom is -0.343 e. The van der Waals surface area contributed by atoms with Gasteiger partial charge in [-0.2, -0.15) is 0 Å². The maximum atomic E-state index is 14.2. The molecule has 0 radical (unpaired) electrons. The molecule has 0 fully saturated rings. The summed E-state index contributed by atoms with van der Waals surface area (Å²) >= 11 is 1.65. The van der Waals surface area contributed by atoms with Gasteiger partial charge in [0.25, 0.3) is 5.56 Å². The van der Waals surface area contributed by atoms with Gasteiger partial charge in [-0.3, -0.25) is 14.7 Å². The third-order valence-corrected chi connectivity index (χ3v) is 7.46. The number of nitrogens with zero attached hydrogens (tertiary/aromatic N) is 1. The van der Waals surface area contributed by atoms with Crippen LogP contribution in [0.15, 0.2) is 88.2 Å². The number of benzene rings is 2. The van der Waals surface area contributed by atoms with Gasteiger partial charge in [-0.05, 0) is 47.7 Å². The van der Waals surface area contributed by atoms with Crippen LogP contribution in [-0.2, 0) is 4.79 Å². The van der Waals surface area contributed by atoms with E-state index in [-0.39, 0.29) is 17.3 Å². The maximum absolute atomic E-state index is 14.2. The number of anilines is 1. The summed E-state index contributed by atoms with van der Waals surface area (Å²) in [7, 11) is 0. The predicted molar refractivity (Wildman–Crippen MR) is 127 cm³/mol. The number of hydrogen-bond acceptors (Lipinski definition) is 4. The van der Waals surface area contributed by atoms with E-state index in [1.807, 2.05) is 41.8 Å². The number of aromatic nitrogens is 2. The second-order valence-corrected chi connectivity index (χ2v) is 9.40. The van der Waals surface area contributed by atoms with E-state index < -0.39 is 11.7 Å². The van der Waals surface area contributed by atoms with Crippen LogP contribution in [0.1, 0.15) is 40.7 Å². The van der Waals surface area contributed by atoms with Gasteiger partial charge in [0, 0.05) is 34.4 Å². The number of nitrogens with one attached hydrogen (secondary N) is 2. The highest BCUT2D eigenvalue weighted by Gasteiger charge is 2.41. The Hall–Kier alpha value is -3.71. The van der Waals surface area contributed by atoms with Gasteiger partial charge in [0.2, 0.25) is 0 Å². The second-order valence-electron chi connectivity index (χ2n) is 8.43. The van der Waals surface area contributed by atoms with E-state index in [4.69, 9.17) is 0 Å². The highest BCUT2D eigenvalue weighted by Crippen LogP contribution is 2.47. The third-order valence-electron chi connectivity index (χ3n) is 6.43. The molecule has 33 heavy (non-hydrogen) atoms. The standard InChI is InChI=1S/C26H20FN3O2S/c27-17-7-4-6-15(12-17)22-23-19(13-16(14-20(23)31)21-10-5-11-33-21)28-25-24(22)26(32)30(29-25)18-8-2-1-3-9-18/h1-12,16,22,28-29H,13-14H2. The Balaban J connectivity index is 1.54. The molecule has 5 nitrogen and oxygen atoms in total. The molecule has 164 valence electrons. The number of carbonyl (C=O) groups excluding carboxylic acids is 1. The van der Waals surface area contributed by atoms with Crippen LogP contribution in [0, 0.1) is 5.82 Å². The van der Waals surface area contributed by atoms with Crippen molar-refractivity contribution in [2.75, 3.05) is 5.32 Å². The Morgan fingerprint density at radius 3 is 2.58 bits per heavy atom. The van der Waals surface area contributed by atoms with Crippen molar-refractivity contribution in [1.29, 1.82) is 0 Å². The summed E-state index contributed by atoms with van der Waals surface area (Å²) in [6.07, 6.45) is 1.03. The van der Waals surface area contributed by atoms with E-state index in [2.05, 4.69) is 16.5 Å². The lowest BCUT2D eigenvalue weighted by molar-refractivity contribution is -0.116. The zero-order chi connectivity index (χ0) is 22.5. The van der Waals surface area contributed by atoms with Gasteiger partial charge < -0.3 is 5.32 Å². The van der Waals surface area contributed by atoms with E-state index in [0.29, 0.717) is 41.0 Å². The van der Waals surface area contributed by atoms with Crippen LogP contribution in [0.5, 0.6) is 0 Å². The van der Waals surface area contributed by atoms with Crippen LogP contribution >= 0.6 is 11.3 Å². The molecule has 2 N–H and O–H groups in total. The van der Waals surface area contributed by atoms with Crippen LogP contribution in [0.25, 0.3) is 5.69 Å². The number of para-hydroxylation sites is 1. The van der Waals surface area contributed by atoms with Gasteiger partial charge in [-0.15, -0.1) is 11.3 Å². The largest absolute Gasteiger partial charge is 0.343 e. The van der Waals surface area contributed by atoms with Crippen LogP contribution in [0.3, 0.4) is 0 Å². The normalized spacial score (nSPS) is 19.7. The Bertz CT molecular complexity index is 1450. The van der Waals surface area contributed by atoms with E-state index >= 15 is 0 Å². The van der Waals surface area contributed by atoms with Crippen molar-refractivity contribution in [2.24, 2.45) is 0 Å². The molecule has 2 aliphatic rings. The number of H-pyrrole nitrogens is 1. The number of halogens is 1. The second kappa shape index (κ2) is 7.71. The molecule has 0 saturated carbocycles. The lowest BCUT2D eigenvalue weighted by atomic mass is 9.74. The molecule has 2 aromatic heterocycles. The van der Waals surface area contributed by atoms with Crippen molar-refractivity contribution in [3.63, 3.8) is 0 Å². The molecular weight excluding hydrogens is 437 g/mol. The van der Waals surface area contributed by atoms with Gasteiger partial charge in [-0.25, -0.2) is 9.07 Å². The minimum absolute atomic E-state index is 0.00563. The van der Waals surface area contributed by atoms with Crippen LogP contribution < -0.4 is 10.9 Å². The molecule has 7 heteroatoms. The SMILES string of the molecule is O=C1CC(c2cccs2)CC2=C1C(c1cccc(F)c1)c1c([nH]n(-c3ccccc3)c1=O)N2. The monoisotopic (exact) mass is 457 g/mol. The summed E-state index contributed by atoms with van der Waals surface area (Å²) in [4.78, 5) is 28.2. The molecule has 1 aliphatic heterocycles. The van der Waals surface area contributed by atoms with Crippen LogP contribution in [-0.4, -0.2) is 15.6 Å². The fourth-order valence-corrected chi connectivity index (χ4v) is 5.83. The molecule has 2 aromatic carbocycles. The van der Waals surface area contributed by atoms with Gasteiger partial charge in [0.15, 0.2) is 5.78 Å². The summed E-state index contributed by atoms with van der Waals surface area (Å²) in [5, 5.41) is 8.56. The Morgan fingerprint density at radius 1 is 0.970 bits per heavy atom. The number of carbonyl (C=O) groups is 1. The first kappa shape index (κ1) is 19.9. The fourth-order valence-electron chi connectivity index (χ4n) is 5.00. The Labute approximate surface area is 193 Å². The molecule has 6 rings (SSSR count). The average molecular weight is 458 g/mol. The number of thiophene rings is 1. The van der Waals surface area contributed by atoms with Gasteiger partial charge in [0.1, 0.15) is 11.6 Å². The number of fused-ring (bicyclic) bond motifs is 1. The van der Waals surface area contributed by atoms with Crippen LogP contribution in [0.2, 0.25) is 0 Å². The molecule has 0 spiro atoms. The molecule has 3 heterocycles. The first-order valence-electron chi connectivity index (χ1n) is 10.8. The smallest absolute Gasteiger partial charge is 0.277 e. The van der Waals surface area contributed by atoms with Crippen molar-refractivity contribution in [2.45, 2.75) is 24.7 Å². The van der Waals surface area contributed by atoms with Crippen molar-refractivity contribution in [3.8, 4) is 5.69 Å². The van der Waals surface area contributed by atoms with Gasteiger partial charge in [0.05, 0.1) is 11.3 Å². The summed E-state index contributed by atoms with van der Waals surface area (Å²) in [6.45, 7) is 0. The van der Waals surface area contributed by atoms with E-state index in [0.717, 1.165) is 5.70 Å². The number of rotatable bonds is 3. The quantitative estimate of drug-likeness (QED) is 0.437. The lowest BCUT2D eigenvalue weighted by Gasteiger charge is -2.34. The highest BCUT2D eigenvalue weighted by atomic mass is 32.1. The highest BCUT2D eigenvalue weighted by molar-refractivity contribution is 7.10. The first-order chi connectivity index (χ1) is 16.1. The Kier molecular flexibility index (Phi) is 4.66. The summed E-state index contributed by atoms with van der Waals surface area (Å²) < 4.78 is 15.7. The average Bonchev–Trinajstić information content (AvgIpc) is 3.47. The molecule has 0 saturated heterocycles. The lowest BCUT2D eigenvalue weighted by Crippen LogP contribution is -2.31. The number of ketones is 1. The van der Waals surface area contributed by atoms with Crippen molar-refractivity contribution in [1.82, 2.24) is 9.78 Å².